The fourth-order valence-corrected chi connectivity index (χ4v) is 2.82. The Hall–Kier alpha value is -3.42. The molecule has 0 amide bonds. The summed E-state index contributed by atoms with van der Waals surface area (Å²) < 4.78 is 28.1. The SMILES string of the molecule is CC(=O)c1cc(-n2c(C)cc(NCc3ncc(F)cc3F)cc2=O)c(C)cn1. The van der Waals surface area contributed by atoms with E-state index in [1.165, 1.54) is 17.6 Å². The second kappa shape index (κ2) is 7.67. The van der Waals surface area contributed by atoms with E-state index in [9.17, 15) is 18.4 Å². The van der Waals surface area contributed by atoms with Gasteiger partial charge in [-0.25, -0.2) is 8.78 Å². The molecule has 3 heterocycles. The van der Waals surface area contributed by atoms with E-state index in [1.54, 1.807) is 32.2 Å². The van der Waals surface area contributed by atoms with Crippen LogP contribution in [0.1, 0.15) is 34.4 Å². The molecule has 0 bridgehead atoms. The number of ketones is 1. The summed E-state index contributed by atoms with van der Waals surface area (Å²) in [5, 5.41) is 2.92. The first-order valence-electron chi connectivity index (χ1n) is 8.51. The lowest BCUT2D eigenvalue weighted by Crippen LogP contribution is -2.22. The zero-order valence-electron chi connectivity index (χ0n) is 15.6. The number of carbonyl (C=O) groups is 1. The summed E-state index contributed by atoms with van der Waals surface area (Å²) >= 11 is 0. The number of rotatable bonds is 5. The Kier molecular flexibility index (Phi) is 5.30. The summed E-state index contributed by atoms with van der Waals surface area (Å²) in [6.45, 7) is 4.95. The average molecular weight is 384 g/mol. The number of Topliss-reactive ketones (excluding diaryl/α,β-unsaturated/α-hetero) is 1. The van der Waals surface area contributed by atoms with Crippen molar-refractivity contribution in [2.24, 2.45) is 0 Å². The quantitative estimate of drug-likeness (QED) is 0.683. The number of halogens is 2. The van der Waals surface area contributed by atoms with Gasteiger partial charge in [0, 0.05) is 36.6 Å². The molecule has 0 spiro atoms. The third-order valence-electron chi connectivity index (χ3n) is 4.24. The molecule has 0 atom stereocenters. The molecular formula is C20H18F2N4O2. The van der Waals surface area contributed by atoms with Crippen molar-refractivity contribution in [2.45, 2.75) is 27.3 Å². The Balaban J connectivity index is 1.92. The highest BCUT2D eigenvalue weighted by atomic mass is 19.1. The standard InChI is InChI=1S/C20H18F2N4O2/c1-11-8-24-17(13(3)27)7-19(11)26-12(2)4-15(6-20(26)28)23-10-18-16(22)5-14(21)9-25-18/h4-9,23H,10H2,1-3H3. The maximum absolute atomic E-state index is 13.7. The lowest BCUT2D eigenvalue weighted by Gasteiger charge is -2.15. The summed E-state index contributed by atoms with van der Waals surface area (Å²) in [6.07, 6.45) is 2.48. The van der Waals surface area contributed by atoms with Gasteiger partial charge in [0.1, 0.15) is 17.3 Å². The molecule has 0 aliphatic rings. The van der Waals surface area contributed by atoms with E-state index in [1.807, 2.05) is 0 Å². The third-order valence-corrected chi connectivity index (χ3v) is 4.24. The first-order chi connectivity index (χ1) is 13.3. The smallest absolute Gasteiger partial charge is 0.257 e. The Bertz CT molecular complexity index is 1130. The van der Waals surface area contributed by atoms with Crippen molar-refractivity contribution < 1.29 is 13.6 Å². The van der Waals surface area contributed by atoms with Crippen LogP contribution in [0.3, 0.4) is 0 Å². The minimum atomic E-state index is -0.762. The number of aromatic nitrogens is 3. The number of hydrogen-bond acceptors (Lipinski definition) is 5. The molecule has 0 saturated carbocycles. The zero-order valence-corrected chi connectivity index (χ0v) is 15.6. The number of aryl methyl sites for hydroxylation is 2. The molecule has 1 N–H and O–H groups in total. The van der Waals surface area contributed by atoms with E-state index in [0.29, 0.717) is 17.1 Å². The third kappa shape index (κ3) is 3.95. The molecule has 0 radical (unpaired) electrons. The number of nitrogens with one attached hydrogen (secondary N) is 1. The molecule has 0 aromatic carbocycles. The van der Waals surface area contributed by atoms with Crippen molar-refractivity contribution in [3.05, 3.63) is 81.3 Å². The highest BCUT2D eigenvalue weighted by molar-refractivity contribution is 5.92. The number of pyridine rings is 3. The predicted molar refractivity (Wildman–Crippen MR) is 101 cm³/mol. The van der Waals surface area contributed by atoms with Crippen LogP contribution in [0.5, 0.6) is 0 Å². The molecule has 0 aliphatic heterocycles. The Morgan fingerprint density at radius 2 is 1.86 bits per heavy atom. The summed E-state index contributed by atoms with van der Waals surface area (Å²) in [6, 6.07) is 5.42. The van der Waals surface area contributed by atoms with Gasteiger partial charge in [0.25, 0.3) is 5.56 Å². The van der Waals surface area contributed by atoms with E-state index in [0.717, 1.165) is 17.8 Å². The number of anilines is 1. The maximum atomic E-state index is 13.7. The van der Waals surface area contributed by atoms with Crippen molar-refractivity contribution in [3.8, 4) is 5.69 Å². The van der Waals surface area contributed by atoms with Gasteiger partial charge in [-0.15, -0.1) is 0 Å². The molecule has 144 valence electrons. The number of nitrogens with zero attached hydrogens (tertiary/aromatic N) is 3. The lowest BCUT2D eigenvalue weighted by molar-refractivity contribution is 0.101. The molecule has 28 heavy (non-hydrogen) atoms. The molecule has 0 aliphatic carbocycles. The summed E-state index contributed by atoms with van der Waals surface area (Å²) in [7, 11) is 0. The van der Waals surface area contributed by atoms with E-state index in [4.69, 9.17) is 0 Å². The van der Waals surface area contributed by atoms with Gasteiger partial charge in [-0.3, -0.25) is 24.1 Å². The van der Waals surface area contributed by atoms with Crippen molar-refractivity contribution in [3.63, 3.8) is 0 Å². The van der Waals surface area contributed by atoms with Crippen LogP contribution < -0.4 is 10.9 Å². The topological polar surface area (TPSA) is 76.9 Å². The van der Waals surface area contributed by atoms with Gasteiger partial charge in [0.2, 0.25) is 0 Å². The van der Waals surface area contributed by atoms with Crippen LogP contribution in [0.25, 0.3) is 5.69 Å². The van der Waals surface area contributed by atoms with Gasteiger partial charge in [0.05, 0.1) is 24.1 Å². The minimum Gasteiger partial charge on any atom is -0.379 e. The van der Waals surface area contributed by atoms with E-state index in [-0.39, 0.29) is 29.3 Å². The molecule has 6 nitrogen and oxygen atoms in total. The number of hydrogen-bond donors (Lipinski definition) is 1. The van der Waals surface area contributed by atoms with Crippen molar-refractivity contribution >= 4 is 11.5 Å². The fourth-order valence-electron chi connectivity index (χ4n) is 2.82. The molecular weight excluding hydrogens is 366 g/mol. The highest BCUT2D eigenvalue weighted by Gasteiger charge is 2.12. The van der Waals surface area contributed by atoms with Gasteiger partial charge in [-0.05, 0) is 31.5 Å². The van der Waals surface area contributed by atoms with Gasteiger partial charge >= 0.3 is 0 Å². The van der Waals surface area contributed by atoms with Gasteiger partial charge in [0.15, 0.2) is 5.78 Å². The van der Waals surface area contributed by atoms with Gasteiger partial charge in [-0.2, -0.15) is 0 Å². The van der Waals surface area contributed by atoms with Crippen molar-refractivity contribution in [1.29, 1.82) is 0 Å². The van der Waals surface area contributed by atoms with Crippen LogP contribution in [0.15, 0.2) is 41.5 Å². The van der Waals surface area contributed by atoms with Crippen LogP contribution in [0.4, 0.5) is 14.5 Å². The maximum Gasteiger partial charge on any atom is 0.257 e. The monoisotopic (exact) mass is 384 g/mol. The van der Waals surface area contributed by atoms with Crippen LogP contribution in [-0.2, 0) is 6.54 Å². The molecule has 0 unspecified atom stereocenters. The summed E-state index contributed by atoms with van der Waals surface area (Å²) in [5.41, 5.74) is 2.40. The Labute approximate surface area is 159 Å². The number of carbonyl (C=O) groups excluding carboxylic acids is 1. The molecule has 3 aromatic rings. The molecule has 0 saturated heterocycles. The molecule has 3 rings (SSSR count). The van der Waals surface area contributed by atoms with E-state index < -0.39 is 11.6 Å². The second-order valence-electron chi connectivity index (χ2n) is 6.41. The predicted octanol–water partition coefficient (Wildman–Crippen LogP) is 3.34. The van der Waals surface area contributed by atoms with Crippen LogP contribution in [0, 0.1) is 25.5 Å². The Morgan fingerprint density at radius 1 is 1.11 bits per heavy atom. The molecule has 8 heteroatoms. The van der Waals surface area contributed by atoms with Crippen molar-refractivity contribution in [1.82, 2.24) is 14.5 Å². The van der Waals surface area contributed by atoms with Crippen molar-refractivity contribution in [2.75, 3.05) is 5.32 Å². The first-order valence-corrected chi connectivity index (χ1v) is 8.51. The summed E-state index contributed by atoms with van der Waals surface area (Å²) in [4.78, 5) is 32.1. The van der Waals surface area contributed by atoms with Crippen LogP contribution >= 0.6 is 0 Å². The highest BCUT2D eigenvalue weighted by Crippen LogP contribution is 2.18. The summed E-state index contributed by atoms with van der Waals surface area (Å²) in [5.74, 6) is -1.71. The molecule has 0 fully saturated rings. The van der Waals surface area contributed by atoms with Gasteiger partial charge in [-0.1, -0.05) is 0 Å². The normalized spacial score (nSPS) is 10.8. The largest absolute Gasteiger partial charge is 0.379 e. The fraction of sp³-hybridized carbons (Fsp3) is 0.200. The average Bonchev–Trinajstić information content (AvgIpc) is 2.61. The minimum absolute atomic E-state index is 0.00221. The lowest BCUT2D eigenvalue weighted by atomic mass is 10.1. The van der Waals surface area contributed by atoms with Crippen LogP contribution in [0.2, 0.25) is 0 Å². The second-order valence-corrected chi connectivity index (χ2v) is 6.41. The van der Waals surface area contributed by atoms with Gasteiger partial charge < -0.3 is 5.32 Å². The van der Waals surface area contributed by atoms with Crippen LogP contribution in [-0.4, -0.2) is 20.3 Å². The first kappa shape index (κ1) is 19.3. The zero-order chi connectivity index (χ0) is 20.4. The molecule has 3 aromatic heterocycles. The Morgan fingerprint density at radius 3 is 2.50 bits per heavy atom. The van der Waals surface area contributed by atoms with E-state index in [2.05, 4.69) is 15.3 Å². The van der Waals surface area contributed by atoms with E-state index >= 15 is 0 Å².